The maximum atomic E-state index is 13.7. The van der Waals surface area contributed by atoms with Crippen molar-refractivity contribution < 1.29 is 33.4 Å². The highest BCUT2D eigenvalue weighted by molar-refractivity contribution is 5.90. The maximum Gasteiger partial charge on any atom is 0.355 e. The number of esters is 2. The first-order chi connectivity index (χ1) is 24.5. The minimum absolute atomic E-state index is 0.00971. The zero-order valence-corrected chi connectivity index (χ0v) is 28.9. The Morgan fingerprint density at radius 2 is 1.82 bits per heavy atom. The second-order valence-electron chi connectivity index (χ2n) is 13.2. The highest BCUT2D eigenvalue weighted by Crippen LogP contribution is 2.41. The summed E-state index contributed by atoms with van der Waals surface area (Å²) in [6.07, 6.45) is 2.91. The molecule has 0 aliphatic carbocycles. The number of carbonyl (C=O) groups excluding carboxylic acids is 5. The van der Waals surface area contributed by atoms with E-state index >= 15 is 0 Å². The fourth-order valence-electron chi connectivity index (χ4n) is 6.78. The van der Waals surface area contributed by atoms with E-state index in [1.54, 1.807) is 17.6 Å². The molecule has 2 aliphatic rings. The lowest BCUT2D eigenvalue weighted by Crippen LogP contribution is -2.47. The molecular weight excluding hydrogens is 656 g/mol. The number of cyclic esters (lactones) is 1. The molecule has 2 aromatic heterocycles. The number of nitrogens with two attached hydrogens (primary N) is 3. The van der Waals surface area contributed by atoms with Gasteiger partial charge in [-0.2, -0.15) is 0 Å². The van der Waals surface area contributed by atoms with E-state index in [1.165, 1.54) is 0 Å². The maximum absolute atomic E-state index is 13.7. The highest BCUT2D eigenvalue weighted by Gasteiger charge is 2.50. The minimum atomic E-state index is -1.86. The quantitative estimate of drug-likeness (QED) is 0.0868. The minimum Gasteiger partial charge on any atom is -0.457 e. The summed E-state index contributed by atoms with van der Waals surface area (Å²) in [4.78, 5) is 81.9. The molecular formula is C37H46N6O8. The van der Waals surface area contributed by atoms with Gasteiger partial charge in [0.05, 0.1) is 41.5 Å². The molecule has 0 unspecified atom stereocenters. The van der Waals surface area contributed by atoms with Crippen LogP contribution in [0.2, 0.25) is 0 Å². The lowest BCUT2D eigenvalue weighted by Gasteiger charge is -2.35. The number of unbranched alkanes of at least 4 members (excludes halogenated alkanes) is 2. The van der Waals surface area contributed by atoms with Crippen LogP contribution in [0, 0.1) is 5.92 Å². The van der Waals surface area contributed by atoms with E-state index in [-0.39, 0.29) is 61.3 Å². The lowest BCUT2D eigenvalue weighted by atomic mass is 9.85. The lowest BCUT2D eigenvalue weighted by molar-refractivity contribution is -0.189. The van der Waals surface area contributed by atoms with Crippen LogP contribution in [0.25, 0.3) is 22.3 Å². The number of amides is 2. The molecule has 14 nitrogen and oxygen atoms in total. The van der Waals surface area contributed by atoms with Crippen LogP contribution < -0.4 is 28.1 Å². The van der Waals surface area contributed by atoms with Crippen LogP contribution in [0.5, 0.6) is 0 Å². The van der Waals surface area contributed by atoms with Crippen LogP contribution in [0.4, 0.5) is 0 Å². The van der Waals surface area contributed by atoms with Gasteiger partial charge in [0.15, 0.2) is 0 Å². The number of para-hydroxylation sites is 1. The van der Waals surface area contributed by atoms with Gasteiger partial charge in [-0.25, -0.2) is 9.78 Å². The Morgan fingerprint density at radius 3 is 2.57 bits per heavy atom. The standard InChI is InChI=1S/C37H46N6O8/c1-2-37(51-32(46)14-13-31(45)41-16-8-6-10-23(34(40)47)18-30(44)27(39)11-5-7-15-38)26-19-29-33-24(17-22-9-3-4-12-28(22)42-33)20-43(29)35(48)25(26)21-50-36(37)49/h3-4,9,12,17,19,23,27H,2,5-8,10-11,13-16,18,20-21,38-39H2,1H3,(H2,40,47)(H,41,45)/t23-,27+,37+/m1/s1. The van der Waals surface area contributed by atoms with Gasteiger partial charge in [0, 0.05) is 41.8 Å². The Bertz CT molecular complexity index is 1890. The molecule has 0 spiro atoms. The second-order valence-corrected chi connectivity index (χ2v) is 13.2. The molecule has 1 aromatic carbocycles. The van der Waals surface area contributed by atoms with Crippen LogP contribution in [-0.2, 0) is 52.2 Å². The summed E-state index contributed by atoms with van der Waals surface area (Å²) in [7, 11) is 0. The number of benzene rings is 1. The first kappa shape index (κ1) is 37.3. The van der Waals surface area contributed by atoms with Gasteiger partial charge in [-0.15, -0.1) is 0 Å². The van der Waals surface area contributed by atoms with Gasteiger partial charge >= 0.3 is 11.9 Å². The van der Waals surface area contributed by atoms with E-state index in [0.717, 1.165) is 29.3 Å². The first-order valence-electron chi connectivity index (χ1n) is 17.6. The second kappa shape index (κ2) is 16.4. The van der Waals surface area contributed by atoms with E-state index in [9.17, 15) is 28.8 Å². The number of ether oxygens (including phenoxy) is 2. The fraction of sp³-hybridized carbons (Fsp3) is 0.486. The average Bonchev–Trinajstić information content (AvgIpc) is 3.47. The van der Waals surface area contributed by atoms with Crippen LogP contribution >= 0.6 is 0 Å². The predicted octanol–water partition coefficient (Wildman–Crippen LogP) is 2.21. The Morgan fingerprint density at radius 1 is 1.06 bits per heavy atom. The van der Waals surface area contributed by atoms with E-state index in [0.29, 0.717) is 50.2 Å². The molecule has 51 heavy (non-hydrogen) atoms. The summed E-state index contributed by atoms with van der Waals surface area (Å²) < 4.78 is 12.8. The van der Waals surface area contributed by atoms with Crippen LogP contribution in [0.3, 0.4) is 0 Å². The molecule has 14 heteroatoms. The van der Waals surface area contributed by atoms with Crippen molar-refractivity contribution in [2.45, 2.75) is 95.9 Å². The van der Waals surface area contributed by atoms with E-state index in [4.69, 9.17) is 31.7 Å². The average molecular weight is 703 g/mol. The topological polar surface area (TPSA) is 229 Å². The summed E-state index contributed by atoms with van der Waals surface area (Å²) in [5.74, 6) is -3.40. The molecule has 7 N–H and O–H groups in total. The van der Waals surface area contributed by atoms with Gasteiger partial charge in [0.1, 0.15) is 12.4 Å². The monoisotopic (exact) mass is 702 g/mol. The molecule has 0 fully saturated rings. The van der Waals surface area contributed by atoms with Crippen molar-refractivity contribution in [2.75, 3.05) is 13.1 Å². The van der Waals surface area contributed by atoms with Gasteiger partial charge in [0.25, 0.3) is 5.56 Å². The Kier molecular flexibility index (Phi) is 12.0. The van der Waals surface area contributed by atoms with Crippen molar-refractivity contribution in [1.82, 2.24) is 14.9 Å². The van der Waals surface area contributed by atoms with E-state index in [2.05, 4.69) is 5.32 Å². The first-order valence-corrected chi connectivity index (χ1v) is 17.6. The molecule has 0 saturated heterocycles. The highest BCUT2D eigenvalue weighted by atomic mass is 16.6. The number of nitrogens with zero attached hydrogens (tertiary/aromatic N) is 2. The van der Waals surface area contributed by atoms with Crippen molar-refractivity contribution in [1.29, 1.82) is 0 Å². The molecule has 272 valence electrons. The molecule has 5 rings (SSSR count). The summed E-state index contributed by atoms with van der Waals surface area (Å²) in [6, 6.07) is 10.7. The number of carbonyl (C=O) groups is 5. The number of primary amides is 1. The number of fused-ring (bicyclic) bond motifs is 5. The summed E-state index contributed by atoms with van der Waals surface area (Å²) in [5, 5.41) is 3.68. The molecule has 0 radical (unpaired) electrons. The Hall–Kier alpha value is -4.95. The van der Waals surface area contributed by atoms with Crippen molar-refractivity contribution in [3.8, 4) is 11.4 Å². The largest absolute Gasteiger partial charge is 0.457 e. The van der Waals surface area contributed by atoms with Crippen LogP contribution in [0.15, 0.2) is 41.2 Å². The number of pyridine rings is 2. The van der Waals surface area contributed by atoms with Gasteiger partial charge in [-0.05, 0) is 56.8 Å². The summed E-state index contributed by atoms with van der Waals surface area (Å²) in [6.45, 7) is 2.53. The Labute approximate surface area is 295 Å². The number of nitrogens with one attached hydrogen (secondary N) is 1. The summed E-state index contributed by atoms with van der Waals surface area (Å²) in [5.41, 5.74) is 18.0. The zero-order chi connectivity index (χ0) is 36.7. The number of rotatable bonds is 18. The third-order valence-electron chi connectivity index (χ3n) is 9.76. The number of Topliss-reactive ketones (excluding diaryl/α,β-unsaturated/α-hetero) is 1. The van der Waals surface area contributed by atoms with Gasteiger partial charge in [0.2, 0.25) is 17.4 Å². The SMILES string of the molecule is CC[C@@]1(OC(=O)CCC(=O)NCCCC[C@H](CC(=O)[C@@H](N)CCCCN)C(N)=O)C(=O)OCc2c1cc1n(c2=O)Cc2cc3ccccc3nc2-1. The molecule has 4 heterocycles. The summed E-state index contributed by atoms with van der Waals surface area (Å²) >= 11 is 0. The normalized spacial score (nSPS) is 17.1. The number of ketones is 1. The third kappa shape index (κ3) is 8.18. The van der Waals surface area contributed by atoms with Crippen molar-refractivity contribution in [3.05, 3.63) is 63.4 Å². The molecule has 2 aliphatic heterocycles. The van der Waals surface area contributed by atoms with Crippen LogP contribution in [-0.4, -0.2) is 58.2 Å². The van der Waals surface area contributed by atoms with Crippen molar-refractivity contribution in [2.24, 2.45) is 23.1 Å². The molecule has 2 amide bonds. The molecule has 0 bridgehead atoms. The van der Waals surface area contributed by atoms with Crippen molar-refractivity contribution >= 4 is 40.4 Å². The Balaban J connectivity index is 1.15. The molecule has 0 saturated carbocycles. The van der Waals surface area contributed by atoms with Crippen molar-refractivity contribution in [3.63, 3.8) is 0 Å². The third-order valence-corrected chi connectivity index (χ3v) is 9.76. The fourth-order valence-corrected chi connectivity index (χ4v) is 6.78. The van der Waals surface area contributed by atoms with E-state index < -0.39 is 41.3 Å². The number of hydrogen-bond acceptors (Lipinski definition) is 11. The number of aromatic nitrogens is 2. The molecule has 3 atom stereocenters. The predicted molar refractivity (Wildman–Crippen MR) is 188 cm³/mol. The smallest absolute Gasteiger partial charge is 0.355 e. The van der Waals surface area contributed by atoms with E-state index in [1.807, 2.05) is 30.3 Å². The molecule has 3 aromatic rings. The van der Waals surface area contributed by atoms with Gasteiger partial charge in [-0.1, -0.05) is 38.0 Å². The number of hydrogen-bond donors (Lipinski definition) is 4. The van der Waals surface area contributed by atoms with Crippen LogP contribution in [0.1, 0.15) is 87.8 Å². The van der Waals surface area contributed by atoms with Gasteiger partial charge in [-0.3, -0.25) is 24.0 Å². The zero-order valence-electron chi connectivity index (χ0n) is 28.9. The van der Waals surface area contributed by atoms with Gasteiger partial charge < -0.3 is 36.6 Å².